The van der Waals surface area contributed by atoms with E-state index in [0.717, 1.165) is 37.0 Å². The molecule has 5 aliphatic rings. The van der Waals surface area contributed by atoms with Crippen molar-refractivity contribution in [1.29, 1.82) is 0 Å². The third-order valence-corrected chi connectivity index (χ3v) is 8.46. The minimum absolute atomic E-state index is 0.136. The van der Waals surface area contributed by atoms with E-state index in [1.165, 1.54) is 44.6 Å². The van der Waals surface area contributed by atoms with Crippen LogP contribution in [0.1, 0.15) is 64.7 Å². The third kappa shape index (κ3) is 4.27. The molecule has 31 heavy (non-hydrogen) atoms. The van der Waals surface area contributed by atoms with Crippen molar-refractivity contribution in [2.75, 3.05) is 18.5 Å². The Hall–Kier alpha value is -1.49. The van der Waals surface area contributed by atoms with Crippen molar-refractivity contribution in [2.24, 2.45) is 29.1 Å². The molecule has 0 amide bonds. The highest BCUT2D eigenvalue weighted by molar-refractivity contribution is 6.32. The third-order valence-electron chi connectivity index (χ3n) is 8.17. The van der Waals surface area contributed by atoms with E-state index in [2.05, 4.69) is 5.32 Å². The van der Waals surface area contributed by atoms with Gasteiger partial charge in [0, 0.05) is 17.5 Å². The molecule has 0 spiro atoms. The summed E-state index contributed by atoms with van der Waals surface area (Å²) in [5.74, 6) is 2.14. The molecule has 4 nitrogen and oxygen atoms in total. The van der Waals surface area contributed by atoms with E-state index in [4.69, 9.17) is 21.1 Å². The maximum absolute atomic E-state index is 14.9. The smallest absolute Gasteiger partial charge is 0.311 e. The molecular formula is C25H33ClFNO3. The van der Waals surface area contributed by atoms with Gasteiger partial charge in [0.2, 0.25) is 0 Å². The van der Waals surface area contributed by atoms with E-state index in [1.807, 2.05) is 0 Å². The van der Waals surface area contributed by atoms with Crippen LogP contribution in [0.5, 0.6) is 5.75 Å². The Morgan fingerprint density at radius 2 is 1.84 bits per heavy atom. The van der Waals surface area contributed by atoms with Crippen LogP contribution in [0.3, 0.4) is 0 Å². The van der Waals surface area contributed by atoms with E-state index in [1.54, 1.807) is 13.0 Å². The second-order valence-electron chi connectivity index (χ2n) is 10.5. The Morgan fingerprint density at radius 1 is 1.16 bits per heavy atom. The van der Waals surface area contributed by atoms with E-state index < -0.39 is 0 Å². The standard InChI is InChI=1S/C25H33ClFNO3/c1-2-30-24(29)18-4-3-5-21(18)28-22-9-19(26)23(10-20(22)27)31-14-25-11-15-6-16(12-25)8-17(7-15)13-25/h9-10,15-18,21,28H,2-8,11-14H2,1H3. The molecule has 1 aromatic carbocycles. The first-order valence-electron chi connectivity index (χ1n) is 12.0. The van der Waals surface area contributed by atoms with Crippen LogP contribution in [0, 0.1) is 34.9 Å². The van der Waals surface area contributed by atoms with Crippen LogP contribution >= 0.6 is 11.6 Å². The number of carbonyl (C=O) groups is 1. The fourth-order valence-electron chi connectivity index (χ4n) is 7.31. The lowest BCUT2D eigenvalue weighted by Crippen LogP contribution is -2.48. The molecule has 0 aromatic heterocycles. The summed E-state index contributed by atoms with van der Waals surface area (Å²) >= 11 is 6.50. The van der Waals surface area contributed by atoms with Crippen LogP contribution in [-0.4, -0.2) is 25.2 Å². The summed E-state index contributed by atoms with van der Waals surface area (Å²) < 4.78 is 26.3. The second-order valence-corrected chi connectivity index (χ2v) is 10.9. The average molecular weight is 450 g/mol. The van der Waals surface area contributed by atoms with Crippen molar-refractivity contribution in [3.05, 3.63) is 23.0 Å². The predicted octanol–water partition coefficient (Wildman–Crippen LogP) is 6.22. The van der Waals surface area contributed by atoms with Crippen molar-refractivity contribution in [2.45, 2.75) is 70.8 Å². The van der Waals surface area contributed by atoms with Crippen molar-refractivity contribution >= 4 is 23.3 Å². The molecule has 5 aliphatic carbocycles. The Kier molecular flexibility index (Phi) is 5.83. The van der Waals surface area contributed by atoms with Gasteiger partial charge in [-0.1, -0.05) is 18.0 Å². The Bertz CT molecular complexity index is 809. The summed E-state index contributed by atoms with van der Waals surface area (Å²) in [4.78, 5) is 12.2. The van der Waals surface area contributed by atoms with Crippen molar-refractivity contribution in [1.82, 2.24) is 0 Å². The van der Waals surface area contributed by atoms with Gasteiger partial charge in [0.25, 0.3) is 0 Å². The lowest BCUT2D eigenvalue weighted by Gasteiger charge is -2.56. The first kappa shape index (κ1) is 21.4. The van der Waals surface area contributed by atoms with E-state index >= 15 is 0 Å². The molecule has 5 fully saturated rings. The van der Waals surface area contributed by atoms with Crippen LogP contribution < -0.4 is 10.1 Å². The Labute approximate surface area is 189 Å². The minimum atomic E-state index is -0.389. The molecule has 1 aromatic rings. The van der Waals surface area contributed by atoms with Gasteiger partial charge in [-0.2, -0.15) is 0 Å². The fourth-order valence-corrected chi connectivity index (χ4v) is 7.53. The number of anilines is 1. The van der Waals surface area contributed by atoms with E-state index in [-0.39, 0.29) is 29.2 Å². The molecule has 0 heterocycles. The van der Waals surface area contributed by atoms with Crippen LogP contribution in [-0.2, 0) is 9.53 Å². The summed E-state index contributed by atoms with van der Waals surface area (Å²) in [6, 6.07) is 2.87. The number of esters is 1. The van der Waals surface area contributed by atoms with Gasteiger partial charge in [0.05, 0.1) is 29.8 Å². The van der Waals surface area contributed by atoms with Crippen LogP contribution in [0.2, 0.25) is 5.02 Å². The molecule has 6 rings (SSSR count). The first-order valence-corrected chi connectivity index (χ1v) is 12.4. The molecule has 4 bridgehead atoms. The fraction of sp³-hybridized carbons (Fsp3) is 0.720. The number of benzene rings is 1. The molecule has 0 saturated heterocycles. The molecule has 1 N–H and O–H groups in total. The second kappa shape index (κ2) is 8.46. The lowest BCUT2D eigenvalue weighted by molar-refractivity contribution is -0.148. The number of hydrogen-bond donors (Lipinski definition) is 1. The van der Waals surface area contributed by atoms with Gasteiger partial charge in [0.1, 0.15) is 11.6 Å². The highest BCUT2D eigenvalue weighted by Gasteiger charge is 2.51. The number of hydrogen-bond acceptors (Lipinski definition) is 4. The maximum atomic E-state index is 14.9. The zero-order valence-corrected chi connectivity index (χ0v) is 19.1. The number of carbonyl (C=O) groups excluding carboxylic acids is 1. The molecule has 0 radical (unpaired) electrons. The molecule has 0 aliphatic heterocycles. The molecule has 6 heteroatoms. The quantitative estimate of drug-likeness (QED) is 0.502. The number of rotatable bonds is 7. The van der Waals surface area contributed by atoms with Gasteiger partial charge in [0.15, 0.2) is 0 Å². The topological polar surface area (TPSA) is 47.6 Å². The van der Waals surface area contributed by atoms with Gasteiger partial charge in [-0.3, -0.25) is 4.79 Å². The summed E-state index contributed by atoms with van der Waals surface area (Å²) in [5, 5.41) is 3.62. The summed E-state index contributed by atoms with van der Waals surface area (Å²) in [5.41, 5.74) is 0.579. The largest absolute Gasteiger partial charge is 0.491 e. The number of halogens is 2. The molecular weight excluding hydrogens is 417 g/mol. The van der Waals surface area contributed by atoms with Gasteiger partial charge >= 0.3 is 5.97 Å². The normalized spacial score (nSPS) is 35.9. The van der Waals surface area contributed by atoms with Crippen LogP contribution in [0.15, 0.2) is 12.1 Å². The zero-order chi connectivity index (χ0) is 21.6. The SMILES string of the molecule is CCOC(=O)C1CCCC1Nc1cc(Cl)c(OCC23CC4CC(CC(C4)C2)C3)cc1F. The Morgan fingerprint density at radius 3 is 2.48 bits per heavy atom. The maximum Gasteiger partial charge on any atom is 0.311 e. The molecule has 2 atom stereocenters. The van der Waals surface area contributed by atoms with Crippen LogP contribution in [0.4, 0.5) is 10.1 Å². The molecule has 2 unspecified atom stereocenters. The predicted molar refractivity (Wildman–Crippen MR) is 119 cm³/mol. The summed E-state index contributed by atoms with van der Waals surface area (Å²) in [6.07, 6.45) is 10.4. The van der Waals surface area contributed by atoms with Crippen molar-refractivity contribution in [3.63, 3.8) is 0 Å². The van der Waals surface area contributed by atoms with Gasteiger partial charge in [-0.25, -0.2) is 4.39 Å². The molecule has 5 saturated carbocycles. The average Bonchev–Trinajstić information content (AvgIpc) is 3.17. The van der Waals surface area contributed by atoms with Crippen LogP contribution in [0.25, 0.3) is 0 Å². The zero-order valence-electron chi connectivity index (χ0n) is 18.3. The highest BCUT2D eigenvalue weighted by atomic mass is 35.5. The number of ether oxygens (including phenoxy) is 2. The highest BCUT2D eigenvalue weighted by Crippen LogP contribution is 2.60. The first-order chi connectivity index (χ1) is 14.9. The summed E-state index contributed by atoms with van der Waals surface area (Å²) in [6.45, 7) is 2.80. The molecule has 170 valence electrons. The van der Waals surface area contributed by atoms with Crippen molar-refractivity contribution < 1.29 is 18.7 Å². The minimum Gasteiger partial charge on any atom is -0.491 e. The van der Waals surface area contributed by atoms with E-state index in [0.29, 0.717) is 29.7 Å². The monoisotopic (exact) mass is 449 g/mol. The summed E-state index contributed by atoms with van der Waals surface area (Å²) in [7, 11) is 0. The van der Waals surface area contributed by atoms with Gasteiger partial charge < -0.3 is 14.8 Å². The Balaban J connectivity index is 1.25. The van der Waals surface area contributed by atoms with Gasteiger partial charge in [-0.05, 0) is 82.1 Å². The lowest BCUT2D eigenvalue weighted by atomic mass is 9.50. The van der Waals surface area contributed by atoms with Gasteiger partial charge in [-0.15, -0.1) is 0 Å². The number of nitrogens with one attached hydrogen (secondary N) is 1. The van der Waals surface area contributed by atoms with E-state index in [9.17, 15) is 9.18 Å². The van der Waals surface area contributed by atoms with Crippen molar-refractivity contribution in [3.8, 4) is 5.75 Å².